The molecule has 0 radical (unpaired) electrons. The van der Waals surface area contributed by atoms with E-state index in [0.717, 1.165) is 0 Å². The van der Waals surface area contributed by atoms with E-state index < -0.39 is 6.67 Å². The molecule has 2 N–H and O–H groups in total. The summed E-state index contributed by atoms with van der Waals surface area (Å²) < 4.78 is 21.2. The van der Waals surface area contributed by atoms with Gasteiger partial charge in [0, 0.05) is 0 Å². The number of halogens is 1. The third-order valence-corrected chi connectivity index (χ3v) is 0.939. The lowest BCUT2D eigenvalue weighted by atomic mass is 10.7. The van der Waals surface area contributed by atoms with Crippen molar-refractivity contribution in [2.24, 2.45) is 5.90 Å². The molecule has 0 aromatic heterocycles. The topological polar surface area (TPSA) is 53.7 Å². The molecular weight excluding hydrogens is 153 g/mol. The van der Waals surface area contributed by atoms with Gasteiger partial charge in [-0.2, -0.15) is 0 Å². The average molecular weight is 167 g/mol. The van der Waals surface area contributed by atoms with Gasteiger partial charge in [-0.25, -0.2) is 10.3 Å². The van der Waals surface area contributed by atoms with Crippen molar-refractivity contribution < 1.29 is 18.7 Å². The van der Waals surface area contributed by atoms with Gasteiger partial charge >= 0.3 is 0 Å². The van der Waals surface area contributed by atoms with E-state index in [2.05, 4.69) is 4.84 Å². The van der Waals surface area contributed by atoms with Crippen LogP contribution in [0.1, 0.15) is 0 Å². The van der Waals surface area contributed by atoms with E-state index in [4.69, 9.17) is 15.4 Å². The zero-order valence-electron chi connectivity index (χ0n) is 6.42. The first-order valence-corrected chi connectivity index (χ1v) is 3.45. The normalized spacial score (nSPS) is 10.4. The highest BCUT2D eigenvalue weighted by molar-refractivity contribution is 4.31. The van der Waals surface area contributed by atoms with Crippen LogP contribution in [-0.2, 0) is 14.3 Å². The van der Waals surface area contributed by atoms with Crippen LogP contribution in [0.2, 0.25) is 0 Å². The molecule has 0 aromatic carbocycles. The van der Waals surface area contributed by atoms with Crippen molar-refractivity contribution in [3.8, 4) is 0 Å². The van der Waals surface area contributed by atoms with Gasteiger partial charge in [-0.3, -0.25) is 0 Å². The van der Waals surface area contributed by atoms with Crippen molar-refractivity contribution in [3.05, 3.63) is 0 Å². The van der Waals surface area contributed by atoms with Crippen LogP contribution in [0.25, 0.3) is 0 Å². The molecule has 11 heavy (non-hydrogen) atoms. The van der Waals surface area contributed by atoms with Crippen molar-refractivity contribution in [2.45, 2.75) is 0 Å². The zero-order valence-corrected chi connectivity index (χ0v) is 6.42. The molecule has 0 amide bonds. The van der Waals surface area contributed by atoms with Gasteiger partial charge in [0.05, 0.1) is 33.0 Å². The van der Waals surface area contributed by atoms with Crippen LogP contribution in [0.3, 0.4) is 0 Å². The first kappa shape index (κ1) is 10.8. The van der Waals surface area contributed by atoms with Crippen LogP contribution in [0.15, 0.2) is 0 Å². The summed E-state index contributed by atoms with van der Waals surface area (Å²) in [7, 11) is 0. The van der Waals surface area contributed by atoms with Crippen LogP contribution >= 0.6 is 0 Å². The van der Waals surface area contributed by atoms with Crippen molar-refractivity contribution in [1.82, 2.24) is 0 Å². The summed E-state index contributed by atoms with van der Waals surface area (Å²) in [6.07, 6.45) is 0. The van der Waals surface area contributed by atoms with Gasteiger partial charge in [0.1, 0.15) is 6.67 Å². The van der Waals surface area contributed by atoms with E-state index in [1.807, 2.05) is 0 Å². The van der Waals surface area contributed by atoms with Crippen LogP contribution < -0.4 is 5.90 Å². The highest BCUT2D eigenvalue weighted by Gasteiger charge is 1.88. The Hall–Kier alpha value is -0.230. The van der Waals surface area contributed by atoms with Crippen molar-refractivity contribution in [2.75, 3.05) is 39.7 Å². The summed E-state index contributed by atoms with van der Waals surface area (Å²) in [6.45, 7) is 1.35. The van der Waals surface area contributed by atoms with Crippen LogP contribution in [-0.4, -0.2) is 39.7 Å². The lowest BCUT2D eigenvalue weighted by molar-refractivity contribution is 0.0120. The Balaban J connectivity index is 2.69. The Kier molecular flexibility index (Phi) is 9.57. The molecule has 0 atom stereocenters. The van der Waals surface area contributed by atoms with Crippen LogP contribution in [0.5, 0.6) is 0 Å². The van der Waals surface area contributed by atoms with E-state index in [1.165, 1.54) is 0 Å². The fourth-order valence-corrected chi connectivity index (χ4v) is 0.484. The van der Waals surface area contributed by atoms with Crippen LogP contribution in [0.4, 0.5) is 4.39 Å². The number of nitrogens with two attached hydrogens (primary N) is 1. The smallest absolute Gasteiger partial charge is 0.113 e. The Morgan fingerprint density at radius 3 is 2.00 bits per heavy atom. The molecule has 0 bridgehead atoms. The molecule has 0 heterocycles. The van der Waals surface area contributed by atoms with E-state index >= 15 is 0 Å². The monoisotopic (exact) mass is 167 g/mol. The molecule has 4 nitrogen and oxygen atoms in total. The Morgan fingerprint density at radius 1 is 0.909 bits per heavy atom. The number of rotatable bonds is 8. The molecule has 0 aromatic rings. The maximum absolute atomic E-state index is 11.4. The highest BCUT2D eigenvalue weighted by Crippen LogP contribution is 1.79. The quantitative estimate of drug-likeness (QED) is 0.404. The Morgan fingerprint density at radius 2 is 1.45 bits per heavy atom. The van der Waals surface area contributed by atoms with Crippen molar-refractivity contribution >= 4 is 0 Å². The summed E-state index contributed by atoms with van der Waals surface area (Å²) >= 11 is 0. The van der Waals surface area contributed by atoms with Gasteiger partial charge < -0.3 is 14.3 Å². The lowest BCUT2D eigenvalue weighted by Gasteiger charge is -2.02. The second kappa shape index (κ2) is 9.77. The van der Waals surface area contributed by atoms with Gasteiger partial charge in [0.2, 0.25) is 0 Å². The largest absolute Gasteiger partial charge is 0.377 e. The fourth-order valence-electron chi connectivity index (χ4n) is 0.484. The van der Waals surface area contributed by atoms with Gasteiger partial charge in [-0.15, -0.1) is 0 Å². The minimum atomic E-state index is -0.452. The molecule has 0 saturated carbocycles. The lowest BCUT2D eigenvalue weighted by Crippen LogP contribution is -2.11. The van der Waals surface area contributed by atoms with Gasteiger partial charge in [-0.1, -0.05) is 0 Å². The minimum Gasteiger partial charge on any atom is -0.377 e. The number of hydrogen-bond acceptors (Lipinski definition) is 4. The second-order valence-corrected chi connectivity index (χ2v) is 1.78. The third kappa shape index (κ3) is 9.77. The van der Waals surface area contributed by atoms with Gasteiger partial charge in [0.15, 0.2) is 0 Å². The second-order valence-electron chi connectivity index (χ2n) is 1.78. The number of alkyl halides is 1. The number of ether oxygens (including phenoxy) is 2. The van der Waals surface area contributed by atoms with E-state index in [-0.39, 0.29) is 6.61 Å². The standard InChI is InChI=1S/C6H14FNO3/c7-1-2-9-3-4-10-5-6-11-8/h1-6,8H2. The molecular formula is C6H14FNO3. The maximum Gasteiger partial charge on any atom is 0.113 e. The van der Waals surface area contributed by atoms with E-state index in [9.17, 15) is 4.39 Å². The molecule has 5 heteroatoms. The predicted molar refractivity (Wildman–Crippen MR) is 37.8 cm³/mol. The van der Waals surface area contributed by atoms with Crippen molar-refractivity contribution in [3.63, 3.8) is 0 Å². The molecule has 0 fully saturated rings. The summed E-state index contributed by atoms with van der Waals surface area (Å²) in [5, 5.41) is 0. The molecule has 0 aliphatic rings. The summed E-state index contributed by atoms with van der Waals surface area (Å²) in [5.41, 5.74) is 0. The van der Waals surface area contributed by atoms with Crippen molar-refractivity contribution in [1.29, 1.82) is 0 Å². The first-order valence-electron chi connectivity index (χ1n) is 3.45. The predicted octanol–water partition coefficient (Wildman–Crippen LogP) is -0.121. The van der Waals surface area contributed by atoms with Gasteiger partial charge in [-0.05, 0) is 0 Å². The first-order chi connectivity index (χ1) is 5.41. The Labute approximate surface area is 65.4 Å². The number of hydrogen-bond donors (Lipinski definition) is 1. The SMILES string of the molecule is NOCCOCCOCCF. The van der Waals surface area contributed by atoms with E-state index in [1.54, 1.807) is 0 Å². The third-order valence-electron chi connectivity index (χ3n) is 0.939. The maximum atomic E-state index is 11.4. The molecule has 0 rings (SSSR count). The molecule has 0 aliphatic heterocycles. The van der Waals surface area contributed by atoms with Crippen LogP contribution in [0, 0.1) is 0 Å². The summed E-state index contributed by atoms with van der Waals surface area (Å²) in [4.78, 5) is 4.24. The Bertz CT molecular complexity index is 66.8. The zero-order chi connectivity index (χ0) is 8.36. The highest BCUT2D eigenvalue weighted by atomic mass is 19.1. The minimum absolute atomic E-state index is 0.136. The molecule has 0 unspecified atom stereocenters. The van der Waals surface area contributed by atoms with E-state index in [0.29, 0.717) is 26.4 Å². The molecule has 0 saturated heterocycles. The molecule has 68 valence electrons. The molecule has 0 aliphatic carbocycles. The van der Waals surface area contributed by atoms with Gasteiger partial charge in [0.25, 0.3) is 0 Å². The average Bonchev–Trinajstić information content (AvgIpc) is 2.03. The molecule has 0 spiro atoms. The fraction of sp³-hybridized carbons (Fsp3) is 1.00. The summed E-state index contributed by atoms with van der Waals surface area (Å²) in [5.74, 6) is 4.73. The summed E-state index contributed by atoms with van der Waals surface area (Å²) in [6, 6.07) is 0.